The average Bonchev–Trinajstić information content (AvgIpc) is 3.28. The smallest absolute Gasteiger partial charge is 0.231 e. The maximum absolute atomic E-state index is 13.7. The number of carbonyl (C=O) groups excluding carboxylic acids is 1. The molecule has 1 aliphatic carbocycles. The number of para-hydroxylation sites is 2. The molecule has 3 aromatic carbocycles. The molecular weight excluding hydrogens is 440 g/mol. The number of benzene rings is 3. The number of ketones is 1. The summed E-state index contributed by atoms with van der Waals surface area (Å²) in [7, 11) is 0. The summed E-state index contributed by atoms with van der Waals surface area (Å²) >= 11 is 0. The minimum absolute atomic E-state index is 0.108. The molecule has 0 fully saturated rings. The molecule has 2 atom stereocenters. The summed E-state index contributed by atoms with van der Waals surface area (Å²) in [5.41, 5.74) is 5.83. The van der Waals surface area contributed by atoms with Gasteiger partial charge in [-0.25, -0.2) is 0 Å². The van der Waals surface area contributed by atoms with Crippen LogP contribution in [0.4, 0.5) is 11.4 Å². The first-order chi connectivity index (χ1) is 17.2. The van der Waals surface area contributed by atoms with Crippen molar-refractivity contribution in [3.63, 3.8) is 0 Å². The highest BCUT2D eigenvalue weighted by Crippen LogP contribution is 2.45. The second kappa shape index (κ2) is 9.02. The highest BCUT2D eigenvalue weighted by molar-refractivity contribution is 6.01. The van der Waals surface area contributed by atoms with Gasteiger partial charge < -0.3 is 24.8 Å². The van der Waals surface area contributed by atoms with E-state index >= 15 is 0 Å². The number of anilines is 2. The predicted octanol–water partition coefficient (Wildman–Crippen LogP) is 6.18. The number of ether oxygens (including phenoxy) is 3. The number of rotatable bonds is 5. The average molecular weight is 469 g/mol. The predicted molar refractivity (Wildman–Crippen MR) is 135 cm³/mol. The van der Waals surface area contributed by atoms with E-state index in [2.05, 4.69) is 29.7 Å². The Morgan fingerprint density at radius 1 is 0.914 bits per heavy atom. The first kappa shape index (κ1) is 21.6. The first-order valence-corrected chi connectivity index (χ1v) is 12.2. The number of Topliss-reactive ketones (excluding diaryl/α,β-unsaturated/α-hetero) is 1. The van der Waals surface area contributed by atoms with Gasteiger partial charge in [-0.2, -0.15) is 0 Å². The summed E-state index contributed by atoms with van der Waals surface area (Å²) < 4.78 is 16.9. The van der Waals surface area contributed by atoms with Crippen LogP contribution in [0.5, 0.6) is 17.2 Å². The van der Waals surface area contributed by atoms with Gasteiger partial charge in [-0.3, -0.25) is 4.79 Å². The Kier molecular flexibility index (Phi) is 5.57. The minimum Gasteiger partial charge on any atom is -0.494 e. The van der Waals surface area contributed by atoms with Crippen molar-refractivity contribution in [3.05, 3.63) is 89.1 Å². The molecule has 0 aromatic heterocycles. The SMILES string of the molecule is CCCOc1ccc(C2CC(=O)C3=C(C2)Nc2ccccc2NC3c2ccc3c(c2)OCO3)cc1. The van der Waals surface area contributed by atoms with Crippen LogP contribution in [0.25, 0.3) is 0 Å². The van der Waals surface area contributed by atoms with Gasteiger partial charge in [0, 0.05) is 17.7 Å². The fourth-order valence-corrected chi connectivity index (χ4v) is 5.13. The molecule has 0 saturated heterocycles. The topological polar surface area (TPSA) is 68.8 Å². The second-order valence-electron chi connectivity index (χ2n) is 9.20. The number of fused-ring (bicyclic) bond motifs is 2. The summed E-state index contributed by atoms with van der Waals surface area (Å²) in [6.45, 7) is 3.02. The molecule has 2 aliphatic heterocycles. The fraction of sp³-hybridized carbons (Fsp3) is 0.276. The van der Waals surface area contributed by atoms with Crippen LogP contribution >= 0.6 is 0 Å². The lowest BCUT2D eigenvalue weighted by molar-refractivity contribution is -0.116. The van der Waals surface area contributed by atoms with Crippen molar-refractivity contribution in [2.75, 3.05) is 24.0 Å². The van der Waals surface area contributed by atoms with Gasteiger partial charge in [0.1, 0.15) is 5.75 Å². The summed E-state index contributed by atoms with van der Waals surface area (Å²) in [5.74, 6) is 2.57. The van der Waals surface area contributed by atoms with E-state index in [-0.39, 0.29) is 24.5 Å². The molecule has 2 heterocycles. The van der Waals surface area contributed by atoms with Crippen molar-refractivity contribution < 1.29 is 19.0 Å². The van der Waals surface area contributed by atoms with Gasteiger partial charge in [0.05, 0.1) is 24.0 Å². The number of nitrogens with one attached hydrogen (secondary N) is 2. The lowest BCUT2D eigenvalue weighted by atomic mass is 9.78. The Bertz CT molecular complexity index is 1300. The van der Waals surface area contributed by atoms with E-state index in [4.69, 9.17) is 14.2 Å². The van der Waals surface area contributed by atoms with E-state index in [9.17, 15) is 4.79 Å². The van der Waals surface area contributed by atoms with Crippen LogP contribution in [-0.2, 0) is 4.79 Å². The van der Waals surface area contributed by atoms with Crippen LogP contribution in [0.3, 0.4) is 0 Å². The molecule has 0 saturated carbocycles. The first-order valence-electron chi connectivity index (χ1n) is 12.2. The van der Waals surface area contributed by atoms with Gasteiger partial charge in [-0.05, 0) is 66.3 Å². The zero-order valence-electron chi connectivity index (χ0n) is 19.7. The molecule has 178 valence electrons. The van der Waals surface area contributed by atoms with Crippen molar-refractivity contribution in [3.8, 4) is 17.2 Å². The van der Waals surface area contributed by atoms with Gasteiger partial charge in [0.15, 0.2) is 17.3 Å². The third-order valence-corrected chi connectivity index (χ3v) is 6.86. The summed E-state index contributed by atoms with van der Waals surface area (Å²) in [6.07, 6.45) is 2.20. The van der Waals surface area contributed by atoms with Crippen LogP contribution in [0.2, 0.25) is 0 Å². The maximum atomic E-state index is 13.7. The molecule has 0 bridgehead atoms. The summed E-state index contributed by atoms with van der Waals surface area (Å²) in [4.78, 5) is 13.7. The number of carbonyl (C=O) groups is 1. The van der Waals surface area contributed by atoms with E-state index in [1.165, 1.54) is 0 Å². The Labute approximate surface area is 204 Å². The van der Waals surface area contributed by atoms with E-state index in [1.54, 1.807) is 0 Å². The third-order valence-electron chi connectivity index (χ3n) is 6.86. The zero-order chi connectivity index (χ0) is 23.8. The van der Waals surface area contributed by atoms with Crippen LogP contribution < -0.4 is 24.8 Å². The van der Waals surface area contributed by atoms with Gasteiger partial charge in [-0.15, -0.1) is 0 Å². The quantitative estimate of drug-likeness (QED) is 0.466. The number of hydrogen-bond acceptors (Lipinski definition) is 6. The minimum atomic E-state index is -0.283. The largest absolute Gasteiger partial charge is 0.494 e. The molecule has 6 rings (SSSR count). The van der Waals surface area contributed by atoms with Crippen LogP contribution in [-0.4, -0.2) is 19.2 Å². The number of allylic oxidation sites excluding steroid dienone is 1. The van der Waals surface area contributed by atoms with Gasteiger partial charge in [0.25, 0.3) is 0 Å². The fourth-order valence-electron chi connectivity index (χ4n) is 5.13. The normalized spacial score (nSPS) is 20.3. The molecule has 0 spiro atoms. The highest BCUT2D eigenvalue weighted by Gasteiger charge is 2.36. The maximum Gasteiger partial charge on any atom is 0.231 e. The number of hydrogen-bond donors (Lipinski definition) is 2. The van der Waals surface area contributed by atoms with Gasteiger partial charge >= 0.3 is 0 Å². The Hall–Kier alpha value is -3.93. The van der Waals surface area contributed by atoms with Crippen LogP contribution in [0.15, 0.2) is 78.0 Å². The summed E-state index contributed by atoms with van der Waals surface area (Å²) in [6, 6.07) is 21.9. The zero-order valence-corrected chi connectivity index (χ0v) is 19.7. The second-order valence-corrected chi connectivity index (χ2v) is 9.20. The molecule has 3 aliphatic rings. The monoisotopic (exact) mass is 468 g/mol. The van der Waals surface area contributed by atoms with Crippen molar-refractivity contribution in [2.45, 2.75) is 38.1 Å². The van der Waals surface area contributed by atoms with Crippen LogP contribution in [0.1, 0.15) is 49.3 Å². The van der Waals surface area contributed by atoms with Gasteiger partial charge in [0.2, 0.25) is 6.79 Å². The summed E-state index contributed by atoms with van der Waals surface area (Å²) in [5, 5.41) is 7.22. The van der Waals surface area contributed by atoms with E-state index in [0.717, 1.165) is 58.1 Å². The van der Waals surface area contributed by atoms with Crippen molar-refractivity contribution >= 4 is 17.2 Å². The van der Waals surface area contributed by atoms with Crippen molar-refractivity contribution in [1.29, 1.82) is 0 Å². The molecule has 2 N–H and O–H groups in total. The molecule has 3 aromatic rings. The van der Waals surface area contributed by atoms with E-state index in [0.29, 0.717) is 18.8 Å². The van der Waals surface area contributed by atoms with Crippen molar-refractivity contribution in [2.24, 2.45) is 0 Å². The molecule has 0 amide bonds. The standard InChI is InChI=1S/C29H28N2O4/c1-2-13-33-21-10-7-18(8-11-21)20-14-24-28(25(32)15-20)29(31-23-6-4-3-5-22(23)30-24)19-9-12-26-27(16-19)35-17-34-26/h3-12,16,20,29-31H,2,13-15,17H2,1H3. The lowest BCUT2D eigenvalue weighted by Crippen LogP contribution is -2.26. The highest BCUT2D eigenvalue weighted by atomic mass is 16.7. The molecule has 35 heavy (non-hydrogen) atoms. The third kappa shape index (κ3) is 4.09. The lowest BCUT2D eigenvalue weighted by Gasteiger charge is -2.30. The molecule has 6 nitrogen and oxygen atoms in total. The molecule has 0 radical (unpaired) electrons. The Morgan fingerprint density at radius 3 is 2.51 bits per heavy atom. The molecule has 6 heteroatoms. The van der Waals surface area contributed by atoms with E-state index < -0.39 is 0 Å². The van der Waals surface area contributed by atoms with Crippen molar-refractivity contribution in [1.82, 2.24) is 0 Å². The van der Waals surface area contributed by atoms with Crippen LogP contribution in [0, 0.1) is 0 Å². The Morgan fingerprint density at radius 2 is 1.69 bits per heavy atom. The Balaban J connectivity index is 1.37. The molecule has 2 unspecified atom stereocenters. The van der Waals surface area contributed by atoms with E-state index in [1.807, 2.05) is 54.6 Å². The molecular formula is C29H28N2O4. The van der Waals surface area contributed by atoms with Gasteiger partial charge in [-0.1, -0.05) is 37.3 Å².